The quantitative estimate of drug-likeness (QED) is 0.669. The number of ether oxygens (including phenoxy) is 1. The number of nitrogens with one attached hydrogen (secondary N) is 1. The molecule has 2 aromatic carbocycles. The van der Waals surface area contributed by atoms with Crippen LogP contribution in [0.1, 0.15) is 43.4 Å². The second kappa shape index (κ2) is 10.6. The fourth-order valence-electron chi connectivity index (χ4n) is 3.66. The lowest BCUT2D eigenvalue weighted by atomic mass is 10.0. The first-order valence-corrected chi connectivity index (χ1v) is 10.5. The molecule has 1 unspecified atom stereocenters. The second-order valence-electron chi connectivity index (χ2n) is 8.13. The zero-order chi connectivity index (χ0) is 21.0. The van der Waals surface area contributed by atoms with Crippen LogP contribution < -0.4 is 15.0 Å². The number of hydrogen-bond acceptors (Lipinski definition) is 3. The van der Waals surface area contributed by atoms with Crippen molar-refractivity contribution in [2.75, 3.05) is 31.1 Å². The van der Waals surface area contributed by atoms with E-state index in [-0.39, 0.29) is 24.7 Å². The standard InChI is InChI=1S/C24H33N3O2.ClH/c1-17(2)21-9-11-22(12-10-21)29-20(5)25-24(28)27-15-13-26(14-16-27)23-8-6-7-18(3)19(23)4;/h6-12,17,20H,13-16H2,1-5H3,(H,25,28);1H. The van der Waals surface area contributed by atoms with Crippen molar-refractivity contribution < 1.29 is 9.53 Å². The molecule has 30 heavy (non-hydrogen) atoms. The molecular weight excluding hydrogens is 398 g/mol. The van der Waals surface area contributed by atoms with Gasteiger partial charge in [-0.1, -0.05) is 38.1 Å². The average Bonchev–Trinajstić information content (AvgIpc) is 2.70. The first kappa shape index (κ1) is 23.9. The van der Waals surface area contributed by atoms with Crippen LogP contribution in [-0.4, -0.2) is 43.3 Å². The highest BCUT2D eigenvalue weighted by molar-refractivity contribution is 5.85. The normalized spacial score (nSPS) is 14.9. The fraction of sp³-hybridized carbons (Fsp3) is 0.458. The van der Waals surface area contributed by atoms with Gasteiger partial charge in [0, 0.05) is 31.9 Å². The van der Waals surface area contributed by atoms with E-state index >= 15 is 0 Å². The molecule has 1 aliphatic rings. The third kappa shape index (κ3) is 5.82. The molecule has 0 spiro atoms. The molecule has 1 heterocycles. The van der Waals surface area contributed by atoms with Crippen molar-refractivity contribution in [2.24, 2.45) is 0 Å². The Bertz CT molecular complexity index is 831. The molecule has 2 aromatic rings. The van der Waals surface area contributed by atoms with Gasteiger partial charge in [0.05, 0.1) is 0 Å². The third-order valence-corrected chi connectivity index (χ3v) is 5.67. The highest BCUT2D eigenvalue weighted by Gasteiger charge is 2.23. The van der Waals surface area contributed by atoms with Crippen molar-refractivity contribution in [3.05, 3.63) is 59.2 Å². The number of nitrogens with zero attached hydrogens (tertiary/aromatic N) is 2. The Labute approximate surface area is 186 Å². The predicted molar refractivity (Wildman–Crippen MR) is 126 cm³/mol. The van der Waals surface area contributed by atoms with Crippen LogP contribution in [0.4, 0.5) is 10.5 Å². The molecule has 2 amide bonds. The summed E-state index contributed by atoms with van der Waals surface area (Å²) in [5.74, 6) is 1.25. The van der Waals surface area contributed by atoms with Gasteiger partial charge in [-0.05, 0) is 61.6 Å². The highest BCUT2D eigenvalue weighted by atomic mass is 35.5. The van der Waals surface area contributed by atoms with E-state index in [2.05, 4.69) is 68.2 Å². The number of anilines is 1. The first-order valence-electron chi connectivity index (χ1n) is 10.5. The van der Waals surface area contributed by atoms with Crippen LogP contribution >= 0.6 is 12.4 Å². The van der Waals surface area contributed by atoms with Gasteiger partial charge in [0.2, 0.25) is 0 Å². The number of benzene rings is 2. The Morgan fingerprint density at radius 1 is 0.967 bits per heavy atom. The number of piperazine rings is 1. The minimum absolute atomic E-state index is 0. The molecule has 6 heteroatoms. The second-order valence-corrected chi connectivity index (χ2v) is 8.13. The third-order valence-electron chi connectivity index (χ3n) is 5.67. The van der Waals surface area contributed by atoms with Crippen molar-refractivity contribution in [1.82, 2.24) is 10.2 Å². The van der Waals surface area contributed by atoms with Crippen LogP contribution in [0.3, 0.4) is 0 Å². The zero-order valence-electron chi connectivity index (χ0n) is 18.6. The van der Waals surface area contributed by atoms with Crippen molar-refractivity contribution in [1.29, 1.82) is 0 Å². The maximum Gasteiger partial charge on any atom is 0.320 e. The molecule has 164 valence electrons. The number of halogens is 1. The van der Waals surface area contributed by atoms with E-state index in [0.29, 0.717) is 19.0 Å². The van der Waals surface area contributed by atoms with Gasteiger partial charge in [-0.25, -0.2) is 4.79 Å². The van der Waals surface area contributed by atoms with Crippen LogP contribution in [0.5, 0.6) is 5.75 Å². The summed E-state index contributed by atoms with van der Waals surface area (Å²) in [6.45, 7) is 13.6. The molecule has 0 bridgehead atoms. The van der Waals surface area contributed by atoms with E-state index in [4.69, 9.17) is 4.74 Å². The highest BCUT2D eigenvalue weighted by Crippen LogP contribution is 2.24. The molecule has 0 aromatic heterocycles. The lowest BCUT2D eigenvalue weighted by Gasteiger charge is -2.37. The maximum absolute atomic E-state index is 12.6. The van der Waals surface area contributed by atoms with E-state index in [1.54, 1.807) is 0 Å². The van der Waals surface area contributed by atoms with E-state index in [1.807, 2.05) is 24.0 Å². The summed E-state index contributed by atoms with van der Waals surface area (Å²) in [5, 5.41) is 2.96. The molecule has 0 aliphatic carbocycles. The number of amides is 2. The lowest BCUT2D eigenvalue weighted by molar-refractivity contribution is 0.151. The molecule has 1 saturated heterocycles. The van der Waals surface area contributed by atoms with E-state index < -0.39 is 0 Å². The number of aryl methyl sites for hydroxylation is 1. The Morgan fingerprint density at radius 3 is 2.20 bits per heavy atom. The van der Waals surface area contributed by atoms with Crippen molar-refractivity contribution in [2.45, 2.75) is 46.8 Å². The first-order chi connectivity index (χ1) is 13.8. The van der Waals surface area contributed by atoms with Crippen LogP contribution in [0.2, 0.25) is 0 Å². The number of carbonyl (C=O) groups excluding carboxylic acids is 1. The molecule has 1 fully saturated rings. The Balaban J connectivity index is 0.00000320. The van der Waals surface area contributed by atoms with Crippen LogP contribution in [0, 0.1) is 13.8 Å². The zero-order valence-corrected chi connectivity index (χ0v) is 19.5. The number of hydrogen-bond donors (Lipinski definition) is 1. The van der Waals surface area contributed by atoms with E-state index in [9.17, 15) is 4.79 Å². The van der Waals surface area contributed by atoms with Crippen LogP contribution in [-0.2, 0) is 0 Å². The predicted octanol–water partition coefficient (Wildman–Crippen LogP) is 5.11. The van der Waals surface area contributed by atoms with Gasteiger partial charge >= 0.3 is 6.03 Å². The monoisotopic (exact) mass is 431 g/mol. The van der Waals surface area contributed by atoms with Gasteiger partial charge in [0.1, 0.15) is 5.75 Å². The SMILES string of the molecule is Cc1cccc(N2CCN(C(=O)NC(C)Oc3ccc(C(C)C)cc3)CC2)c1C.Cl. The number of urea groups is 1. The summed E-state index contributed by atoms with van der Waals surface area (Å²) in [4.78, 5) is 16.9. The Morgan fingerprint density at radius 2 is 1.60 bits per heavy atom. The molecular formula is C24H34ClN3O2. The van der Waals surface area contributed by atoms with Crippen molar-refractivity contribution >= 4 is 24.1 Å². The number of carbonyl (C=O) groups is 1. The van der Waals surface area contributed by atoms with Crippen molar-refractivity contribution in [3.8, 4) is 5.75 Å². The number of rotatable bonds is 5. The molecule has 1 aliphatic heterocycles. The minimum atomic E-state index is -0.385. The summed E-state index contributed by atoms with van der Waals surface area (Å²) >= 11 is 0. The molecule has 3 rings (SSSR count). The van der Waals surface area contributed by atoms with Gasteiger partial charge in [-0.2, -0.15) is 0 Å². The van der Waals surface area contributed by atoms with Gasteiger partial charge < -0.3 is 19.9 Å². The topological polar surface area (TPSA) is 44.8 Å². The molecule has 0 saturated carbocycles. The van der Waals surface area contributed by atoms with Crippen LogP contribution in [0.15, 0.2) is 42.5 Å². The summed E-state index contributed by atoms with van der Waals surface area (Å²) in [7, 11) is 0. The summed E-state index contributed by atoms with van der Waals surface area (Å²) in [5.41, 5.74) is 5.16. The van der Waals surface area contributed by atoms with Crippen LogP contribution in [0.25, 0.3) is 0 Å². The maximum atomic E-state index is 12.6. The summed E-state index contributed by atoms with van der Waals surface area (Å²) < 4.78 is 5.86. The largest absolute Gasteiger partial charge is 0.471 e. The Hall–Kier alpha value is -2.40. The molecule has 0 radical (unpaired) electrons. The Kier molecular flexibility index (Phi) is 8.42. The summed E-state index contributed by atoms with van der Waals surface area (Å²) in [6.07, 6.45) is -0.385. The molecule has 1 N–H and O–H groups in total. The lowest BCUT2D eigenvalue weighted by Crippen LogP contribution is -2.54. The fourth-order valence-corrected chi connectivity index (χ4v) is 3.66. The van der Waals surface area contributed by atoms with E-state index in [0.717, 1.165) is 18.8 Å². The van der Waals surface area contributed by atoms with Crippen molar-refractivity contribution in [3.63, 3.8) is 0 Å². The van der Waals surface area contributed by atoms with Gasteiger partial charge in [-0.3, -0.25) is 0 Å². The molecule has 1 atom stereocenters. The van der Waals surface area contributed by atoms with Gasteiger partial charge in [0.15, 0.2) is 6.23 Å². The van der Waals surface area contributed by atoms with E-state index in [1.165, 1.54) is 22.4 Å². The summed E-state index contributed by atoms with van der Waals surface area (Å²) in [6, 6.07) is 14.4. The minimum Gasteiger partial charge on any atom is -0.471 e. The van der Waals surface area contributed by atoms with Gasteiger partial charge in [0.25, 0.3) is 0 Å². The van der Waals surface area contributed by atoms with Gasteiger partial charge in [-0.15, -0.1) is 12.4 Å². The molecule has 5 nitrogen and oxygen atoms in total. The smallest absolute Gasteiger partial charge is 0.320 e. The average molecular weight is 432 g/mol.